The van der Waals surface area contributed by atoms with Crippen LogP contribution in [0.5, 0.6) is 0 Å². The molecular formula is C16H22F3NO. The minimum Gasteiger partial charge on any atom is -0.371 e. The molecule has 0 heterocycles. The van der Waals surface area contributed by atoms with Gasteiger partial charge in [-0.15, -0.1) is 0 Å². The highest BCUT2D eigenvalue weighted by molar-refractivity contribution is 5.79. The second-order valence-electron chi connectivity index (χ2n) is 6.08. The quantitative estimate of drug-likeness (QED) is 0.714. The van der Waals surface area contributed by atoms with Crippen LogP contribution in [0.25, 0.3) is 0 Å². The number of halogens is 3. The Morgan fingerprint density at radius 2 is 1.62 bits per heavy atom. The fraction of sp³-hybridized carbons (Fsp3) is 0.562. The van der Waals surface area contributed by atoms with Crippen molar-refractivity contribution in [3.63, 3.8) is 0 Å². The van der Waals surface area contributed by atoms with Crippen molar-refractivity contribution >= 4 is 12.0 Å². The van der Waals surface area contributed by atoms with Crippen LogP contribution < -0.4 is 4.90 Å². The van der Waals surface area contributed by atoms with Gasteiger partial charge in [0.1, 0.15) is 0 Å². The van der Waals surface area contributed by atoms with Gasteiger partial charge >= 0.3 is 6.18 Å². The van der Waals surface area contributed by atoms with E-state index < -0.39 is 11.7 Å². The van der Waals surface area contributed by atoms with Crippen LogP contribution in [0, 0.1) is 11.8 Å². The molecule has 0 atom stereocenters. The molecule has 0 fully saturated rings. The molecule has 2 nitrogen and oxygen atoms in total. The molecule has 0 aliphatic carbocycles. The van der Waals surface area contributed by atoms with Crippen molar-refractivity contribution in [1.82, 2.24) is 0 Å². The van der Waals surface area contributed by atoms with Crippen LogP contribution in [0.1, 0.15) is 43.6 Å². The molecule has 0 aliphatic heterocycles. The van der Waals surface area contributed by atoms with E-state index in [-0.39, 0.29) is 11.8 Å². The highest BCUT2D eigenvalue weighted by Crippen LogP contribution is 2.34. The first-order chi connectivity index (χ1) is 9.65. The fourth-order valence-electron chi connectivity index (χ4n) is 2.26. The van der Waals surface area contributed by atoms with Crippen LogP contribution in [-0.2, 0) is 6.18 Å². The Balaban J connectivity index is 3.22. The molecule has 0 saturated heterocycles. The van der Waals surface area contributed by atoms with E-state index in [0.29, 0.717) is 30.6 Å². The average molecular weight is 301 g/mol. The summed E-state index contributed by atoms with van der Waals surface area (Å²) in [7, 11) is 0. The van der Waals surface area contributed by atoms with Gasteiger partial charge in [0.15, 0.2) is 6.29 Å². The molecule has 1 rings (SSSR count). The van der Waals surface area contributed by atoms with E-state index in [1.165, 1.54) is 6.07 Å². The van der Waals surface area contributed by atoms with Gasteiger partial charge in [0.25, 0.3) is 0 Å². The summed E-state index contributed by atoms with van der Waals surface area (Å²) in [6.45, 7) is 9.46. The zero-order valence-electron chi connectivity index (χ0n) is 12.9. The second-order valence-corrected chi connectivity index (χ2v) is 6.08. The van der Waals surface area contributed by atoms with Crippen molar-refractivity contribution in [2.75, 3.05) is 18.0 Å². The van der Waals surface area contributed by atoms with E-state index in [0.717, 1.165) is 6.07 Å². The van der Waals surface area contributed by atoms with Crippen LogP contribution >= 0.6 is 0 Å². The summed E-state index contributed by atoms with van der Waals surface area (Å²) in [6.07, 6.45) is -4.27. The molecule has 0 unspecified atom stereocenters. The van der Waals surface area contributed by atoms with Crippen LogP contribution in [0.2, 0.25) is 0 Å². The molecule has 0 N–H and O–H groups in total. The second kappa shape index (κ2) is 6.96. The Bertz CT molecular complexity index is 471. The maximum absolute atomic E-state index is 13.0. The van der Waals surface area contributed by atoms with E-state index in [2.05, 4.69) is 0 Å². The fourth-order valence-corrected chi connectivity index (χ4v) is 2.26. The van der Waals surface area contributed by atoms with E-state index in [4.69, 9.17) is 0 Å². The third kappa shape index (κ3) is 5.06. The topological polar surface area (TPSA) is 20.3 Å². The minimum atomic E-state index is -4.52. The highest BCUT2D eigenvalue weighted by atomic mass is 19.4. The number of benzene rings is 1. The van der Waals surface area contributed by atoms with Gasteiger partial charge < -0.3 is 4.90 Å². The summed E-state index contributed by atoms with van der Waals surface area (Å²) in [5, 5.41) is 0. The van der Waals surface area contributed by atoms with Crippen molar-refractivity contribution in [1.29, 1.82) is 0 Å². The van der Waals surface area contributed by atoms with Crippen molar-refractivity contribution in [3.05, 3.63) is 29.3 Å². The van der Waals surface area contributed by atoms with Gasteiger partial charge in [-0.25, -0.2) is 0 Å². The van der Waals surface area contributed by atoms with Gasteiger partial charge in [0.2, 0.25) is 0 Å². The van der Waals surface area contributed by atoms with Gasteiger partial charge in [-0.2, -0.15) is 13.2 Å². The predicted molar refractivity (Wildman–Crippen MR) is 78.7 cm³/mol. The molecule has 0 aliphatic rings. The molecule has 0 spiro atoms. The van der Waals surface area contributed by atoms with Gasteiger partial charge in [-0.05, 0) is 30.0 Å². The third-order valence-corrected chi connectivity index (χ3v) is 3.01. The molecule has 118 valence electrons. The highest BCUT2D eigenvalue weighted by Gasteiger charge is 2.34. The summed E-state index contributed by atoms with van der Waals surface area (Å²) >= 11 is 0. The molecule has 0 saturated carbocycles. The minimum absolute atomic E-state index is 0.252. The predicted octanol–water partition coefficient (Wildman–Crippen LogP) is 4.64. The van der Waals surface area contributed by atoms with Gasteiger partial charge in [-0.3, -0.25) is 4.79 Å². The average Bonchev–Trinajstić information content (AvgIpc) is 2.35. The molecule has 1 aromatic rings. The normalized spacial score (nSPS) is 12.0. The molecule has 0 amide bonds. The number of nitrogens with zero attached hydrogens (tertiary/aromatic N) is 1. The molecule has 0 radical (unpaired) electrons. The van der Waals surface area contributed by atoms with E-state index >= 15 is 0 Å². The van der Waals surface area contributed by atoms with Gasteiger partial charge in [0, 0.05) is 24.3 Å². The van der Waals surface area contributed by atoms with Crippen LogP contribution in [0.15, 0.2) is 18.2 Å². The maximum atomic E-state index is 13.0. The first-order valence-electron chi connectivity index (χ1n) is 7.06. The van der Waals surface area contributed by atoms with Crippen molar-refractivity contribution in [2.45, 2.75) is 33.9 Å². The molecular weight excluding hydrogens is 279 g/mol. The van der Waals surface area contributed by atoms with Crippen LogP contribution in [0.4, 0.5) is 18.9 Å². The number of carbonyl (C=O) groups excluding carboxylic acids is 1. The zero-order valence-corrected chi connectivity index (χ0v) is 12.9. The number of anilines is 1. The molecule has 0 bridgehead atoms. The van der Waals surface area contributed by atoms with Crippen LogP contribution in [0.3, 0.4) is 0 Å². The Kier molecular flexibility index (Phi) is 5.81. The smallest absolute Gasteiger partial charge is 0.371 e. The Morgan fingerprint density at radius 1 is 1.10 bits per heavy atom. The summed E-state index contributed by atoms with van der Waals surface area (Å²) in [6, 6.07) is 3.91. The Labute approximate surface area is 123 Å². The number of carbonyl (C=O) groups is 1. The maximum Gasteiger partial charge on any atom is 0.417 e. The lowest BCUT2D eigenvalue weighted by atomic mass is 10.0. The molecule has 0 aromatic heterocycles. The van der Waals surface area contributed by atoms with E-state index in [1.807, 2.05) is 32.6 Å². The lowest BCUT2D eigenvalue weighted by Gasteiger charge is -2.29. The van der Waals surface area contributed by atoms with Crippen molar-refractivity contribution in [3.8, 4) is 0 Å². The monoisotopic (exact) mass is 301 g/mol. The van der Waals surface area contributed by atoms with Gasteiger partial charge in [-0.1, -0.05) is 27.7 Å². The summed E-state index contributed by atoms with van der Waals surface area (Å²) in [5.74, 6) is 0.674. The number of aldehydes is 1. The summed E-state index contributed by atoms with van der Waals surface area (Å²) in [4.78, 5) is 12.7. The third-order valence-electron chi connectivity index (χ3n) is 3.01. The number of alkyl halides is 3. The first-order valence-corrected chi connectivity index (χ1v) is 7.06. The van der Waals surface area contributed by atoms with Gasteiger partial charge in [0.05, 0.1) is 5.56 Å². The Hall–Kier alpha value is -1.52. The largest absolute Gasteiger partial charge is 0.417 e. The van der Waals surface area contributed by atoms with Crippen molar-refractivity contribution in [2.24, 2.45) is 11.8 Å². The molecule has 21 heavy (non-hydrogen) atoms. The van der Waals surface area contributed by atoms with Crippen molar-refractivity contribution < 1.29 is 18.0 Å². The SMILES string of the molecule is CC(C)CN(CC(C)C)c1ccc(C=O)c(C(F)(F)F)c1. The molecule has 5 heteroatoms. The number of hydrogen-bond donors (Lipinski definition) is 0. The van der Waals surface area contributed by atoms with E-state index in [9.17, 15) is 18.0 Å². The summed E-state index contributed by atoms with van der Waals surface area (Å²) < 4.78 is 39.1. The molecule has 1 aromatic carbocycles. The summed E-state index contributed by atoms with van der Waals surface area (Å²) in [5.41, 5.74) is -0.678. The Morgan fingerprint density at radius 3 is 2.00 bits per heavy atom. The standard InChI is InChI=1S/C16H22F3NO/c1-11(2)8-20(9-12(3)4)14-6-5-13(10-21)15(7-14)16(17,18)19/h5-7,10-12H,8-9H2,1-4H3. The first kappa shape index (κ1) is 17.5. The van der Waals surface area contributed by atoms with E-state index in [1.54, 1.807) is 6.07 Å². The lowest BCUT2D eigenvalue weighted by Crippen LogP contribution is -2.31. The number of hydrogen-bond acceptors (Lipinski definition) is 2. The van der Waals surface area contributed by atoms with Crippen LogP contribution in [-0.4, -0.2) is 19.4 Å². The lowest BCUT2D eigenvalue weighted by molar-refractivity contribution is -0.137. The zero-order chi connectivity index (χ0) is 16.2. The number of rotatable bonds is 6.